The molecule has 2 aromatic rings. The SMILES string of the molecule is CN(CC1CCCC1O)C(=O)c1cc(-c2ccc(F)cc2)on1. The highest BCUT2D eigenvalue weighted by Gasteiger charge is 2.28. The normalized spacial score (nSPS) is 20.7. The van der Waals surface area contributed by atoms with Gasteiger partial charge in [0.05, 0.1) is 6.10 Å². The summed E-state index contributed by atoms with van der Waals surface area (Å²) in [7, 11) is 1.69. The summed E-state index contributed by atoms with van der Waals surface area (Å²) >= 11 is 0. The van der Waals surface area contributed by atoms with Gasteiger partial charge in [-0.05, 0) is 37.1 Å². The molecule has 0 bridgehead atoms. The van der Waals surface area contributed by atoms with Crippen LogP contribution in [-0.2, 0) is 0 Å². The molecule has 1 heterocycles. The van der Waals surface area contributed by atoms with Crippen molar-refractivity contribution in [2.24, 2.45) is 5.92 Å². The highest BCUT2D eigenvalue weighted by Crippen LogP contribution is 2.27. The van der Waals surface area contributed by atoms with Crippen LogP contribution in [0.1, 0.15) is 29.8 Å². The lowest BCUT2D eigenvalue weighted by atomic mass is 10.1. The molecule has 1 N–H and O–H groups in total. The summed E-state index contributed by atoms with van der Waals surface area (Å²) in [6.07, 6.45) is 2.38. The maximum absolute atomic E-state index is 12.9. The summed E-state index contributed by atoms with van der Waals surface area (Å²) in [6, 6.07) is 7.35. The predicted molar refractivity (Wildman–Crippen MR) is 82.2 cm³/mol. The maximum atomic E-state index is 12.9. The zero-order chi connectivity index (χ0) is 16.4. The summed E-state index contributed by atoms with van der Waals surface area (Å²) in [6.45, 7) is 0.499. The first kappa shape index (κ1) is 15.7. The second-order valence-corrected chi connectivity index (χ2v) is 6.03. The van der Waals surface area contributed by atoms with Crippen molar-refractivity contribution in [2.75, 3.05) is 13.6 Å². The van der Waals surface area contributed by atoms with Crippen LogP contribution in [0.5, 0.6) is 0 Å². The Kier molecular flexibility index (Phi) is 4.43. The smallest absolute Gasteiger partial charge is 0.275 e. The van der Waals surface area contributed by atoms with Gasteiger partial charge in [0.2, 0.25) is 0 Å². The zero-order valence-electron chi connectivity index (χ0n) is 12.9. The van der Waals surface area contributed by atoms with Crippen molar-refractivity contribution in [2.45, 2.75) is 25.4 Å². The van der Waals surface area contributed by atoms with Crippen molar-refractivity contribution >= 4 is 5.91 Å². The predicted octanol–water partition coefficient (Wildman–Crippen LogP) is 2.71. The van der Waals surface area contributed by atoms with Crippen LogP contribution in [0.3, 0.4) is 0 Å². The molecule has 3 rings (SSSR count). The number of hydrogen-bond acceptors (Lipinski definition) is 4. The highest BCUT2D eigenvalue weighted by atomic mass is 19.1. The summed E-state index contributed by atoms with van der Waals surface area (Å²) in [5.41, 5.74) is 0.867. The van der Waals surface area contributed by atoms with Gasteiger partial charge in [0.15, 0.2) is 11.5 Å². The van der Waals surface area contributed by atoms with Gasteiger partial charge in [0, 0.05) is 31.1 Å². The standard InChI is InChI=1S/C17H19FN2O3/c1-20(10-12-3-2-4-15(12)21)17(22)14-9-16(23-19-14)11-5-7-13(18)8-6-11/h5-9,12,15,21H,2-4,10H2,1H3. The quantitative estimate of drug-likeness (QED) is 0.941. The number of hydrogen-bond donors (Lipinski definition) is 1. The number of carbonyl (C=O) groups excluding carboxylic acids is 1. The Balaban J connectivity index is 1.69. The fourth-order valence-corrected chi connectivity index (χ4v) is 2.99. The molecule has 0 saturated heterocycles. The average Bonchev–Trinajstić information content (AvgIpc) is 3.17. The van der Waals surface area contributed by atoms with Gasteiger partial charge in [0.25, 0.3) is 5.91 Å². The van der Waals surface area contributed by atoms with Crippen LogP contribution in [0, 0.1) is 11.7 Å². The van der Waals surface area contributed by atoms with E-state index in [2.05, 4.69) is 5.16 Å². The molecule has 2 atom stereocenters. The van der Waals surface area contributed by atoms with Gasteiger partial charge in [-0.15, -0.1) is 0 Å². The van der Waals surface area contributed by atoms with Crippen LogP contribution in [0.4, 0.5) is 4.39 Å². The first-order valence-electron chi connectivity index (χ1n) is 7.71. The van der Waals surface area contributed by atoms with E-state index in [1.807, 2.05) is 0 Å². The van der Waals surface area contributed by atoms with E-state index in [-0.39, 0.29) is 29.4 Å². The van der Waals surface area contributed by atoms with Crippen molar-refractivity contribution < 1.29 is 18.8 Å². The zero-order valence-corrected chi connectivity index (χ0v) is 12.9. The molecule has 6 heteroatoms. The first-order chi connectivity index (χ1) is 11.0. The van der Waals surface area contributed by atoms with E-state index >= 15 is 0 Å². The van der Waals surface area contributed by atoms with E-state index in [1.54, 1.807) is 30.1 Å². The summed E-state index contributed by atoms with van der Waals surface area (Å²) in [4.78, 5) is 14.0. The lowest BCUT2D eigenvalue weighted by Gasteiger charge is -2.22. The fourth-order valence-electron chi connectivity index (χ4n) is 2.99. The van der Waals surface area contributed by atoms with Gasteiger partial charge in [-0.25, -0.2) is 4.39 Å². The molecule has 0 radical (unpaired) electrons. The average molecular weight is 318 g/mol. The van der Waals surface area contributed by atoms with E-state index in [0.29, 0.717) is 17.9 Å². The molecular formula is C17H19FN2O3. The minimum absolute atomic E-state index is 0.118. The highest BCUT2D eigenvalue weighted by molar-refractivity contribution is 5.92. The van der Waals surface area contributed by atoms with Crippen LogP contribution in [-0.4, -0.2) is 40.8 Å². The van der Waals surface area contributed by atoms with Gasteiger partial charge in [0.1, 0.15) is 5.82 Å². The molecule has 5 nitrogen and oxygen atoms in total. The third-order valence-corrected chi connectivity index (χ3v) is 4.33. The molecule has 1 amide bonds. The Morgan fingerprint density at radius 3 is 2.78 bits per heavy atom. The van der Waals surface area contributed by atoms with Crippen molar-refractivity contribution in [3.05, 3.63) is 41.8 Å². The molecule has 1 aromatic carbocycles. The van der Waals surface area contributed by atoms with E-state index in [0.717, 1.165) is 19.3 Å². The monoisotopic (exact) mass is 318 g/mol. The molecular weight excluding hydrogens is 299 g/mol. The number of carbonyl (C=O) groups is 1. The Morgan fingerprint density at radius 2 is 2.13 bits per heavy atom. The number of aliphatic hydroxyl groups is 1. The minimum atomic E-state index is -0.336. The van der Waals surface area contributed by atoms with Gasteiger partial charge in [-0.3, -0.25) is 4.79 Å². The van der Waals surface area contributed by atoms with Crippen molar-refractivity contribution in [1.82, 2.24) is 10.1 Å². The number of halogens is 1. The number of aromatic nitrogens is 1. The topological polar surface area (TPSA) is 66.6 Å². The van der Waals surface area contributed by atoms with Gasteiger partial charge in [-0.2, -0.15) is 0 Å². The molecule has 1 fully saturated rings. The van der Waals surface area contributed by atoms with Crippen LogP contribution in [0.25, 0.3) is 11.3 Å². The van der Waals surface area contributed by atoms with Gasteiger partial charge in [-0.1, -0.05) is 11.6 Å². The van der Waals surface area contributed by atoms with E-state index in [4.69, 9.17) is 4.52 Å². The first-order valence-corrected chi connectivity index (χ1v) is 7.71. The number of aliphatic hydroxyl groups excluding tert-OH is 1. The van der Waals surface area contributed by atoms with Crippen molar-refractivity contribution in [1.29, 1.82) is 0 Å². The molecule has 1 saturated carbocycles. The van der Waals surface area contributed by atoms with Crippen LogP contribution in [0.2, 0.25) is 0 Å². The van der Waals surface area contributed by atoms with Crippen molar-refractivity contribution in [3.8, 4) is 11.3 Å². The van der Waals surface area contributed by atoms with Gasteiger partial charge < -0.3 is 14.5 Å². The van der Waals surface area contributed by atoms with Crippen LogP contribution in [0.15, 0.2) is 34.9 Å². The third kappa shape index (κ3) is 3.42. The van der Waals surface area contributed by atoms with E-state index in [9.17, 15) is 14.3 Å². The van der Waals surface area contributed by atoms with Crippen LogP contribution >= 0.6 is 0 Å². The largest absolute Gasteiger partial charge is 0.393 e. The molecule has 0 aliphatic heterocycles. The molecule has 1 aliphatic carbocycles. The Morgan fingerprint density at radius 1 is 1.39 bits per heavy atom. The maximum Gasteiger partial charge on any atom is 0.275 e. The van der Waals surface area contributed by atoms with Gasteiger partial charge >= 0.3 is 0 Å². The molecule has 2 unspecified atom stereocenters. The number of benzene rings is 1. The molecule has 23 heavy (non-hydrogen) atoms. The second kappa shape index (κ2) is 6.50. The number of amides is 1. The molecule has 1 aromatic heterocycles. The molecule has 0 spiro atoms. The second-order valence-electron chi connectivity index (χ2n) is 6.03. The molecule has 1 aliphatic rings. The van der Waals surface area contributed by atoms with Crippen LogP contribution < -0.4 is 0 Å². The lowest BCUT2D eigenvalue weighted by Crippen LogP contribution is -2.34. The Labute approximate surface area is 133 Å². The Hall–Kier alpha value is -2.21. The third-order valence-electron chi connectivity index (χ3n) is 4.33. The minimum Gasteiger partial charge on any atom is -0.393 e. The number of rotatable bonds is 4. The Bertz CT molecular complexity index is 683. The summed E-state index contributed by atoms with van der Waals surface area (Å²) in [5, 5.41) is 13.7. The van der Waals surface area contributed by atoms with Crippen molar-refractivity contribution in [3.63, 3.8) is 0 Å². The summed E-state index contributed by atoms with van der Waals surface area (Å²) < 4.78 is 18.1. The number of nitrogens with zero attached hydrogens (tertiary/aromatic N) is 2. The lowest BCUT2D eigenvalue weighted by molar-refractivity contribution is 0.0684. The molecule has 122 valence electrons. The summed E-state index contributed by atoms with van der Waals surface area (Å²) in [5.74, 6) is -0.0456. The fraction of sp³-hybridized carbons (Fsp3) is 0.412. The van der Waals surface area contributed by atoms with E-state index < -0.39 is 0 Å². The van der Waals surface area contributed by atoms with E-state index in [1.165, 1.54) is 12.1 Å².